The molecule has 0 aliphatic heterocycles. The Kier molecular flexibility index (Phi) is 0.988. The fourth-order valence-corrected chi connectivity index (χ4v) is 3.40. The zero-order valence-electron chi connectivity index (χ0n) is 6.90. The molecule has 0 nitrogen and oxygen atoms in total. The number of hydrogen-bond donors (Lipinski definition) is 0. The molecule has 3 aliphatic carbocycles. The van der Waals surface area contributed by atoms with E-state index in [1.54, 1.807) is 0 Å². The molecule has 0 heteroatoms. The first-order valence-corrected chi connectivity index (χ1v) is 4.73. The lowest BCUT2D eigenvalue weighted by Crippen LogP contribution is -2.12. The molecule has 0 saturated heterocycles. The SMILES string of the molecule is CC1C2C=CC1C1CC=CC21. The summed E-state index contributed by atoms with van der Waals surface area (Å²) in [6.45, 7) is 2.42. The van der Waals surface area contributed by atoms with E-state index in [0.29, 0.717) is 0 Å². The summed E-state index contributed by atoms with van der Waals surface area (Å²) in [7, 11) is 0. The zero-order chi connectivity index (χ0) is 7.42. The smallest absolute Gasteiger partial charge is 0.0131 e. The van der Waals surface area contributed by atoms with Crippen molar-refractivity contribution in [2.24, 2.45) is 29.6 Å². The maximum atomic E-state index is 2.46. The normalized spacial score (nSPS) is 57.4. The van der Waals surface area contributed by atoms with Gasteiger partial charge in [0.1, 0.15) is 0 Å². The van der Waals surface area contributed by atoms with E-state index in [1.165, 1.54) is 6.42 Å². The van der Waals surface area contributed by atoms with Crippen LogP contribution in [-0.2, 0) is 0 Å². The maximum absolute atomic E-state index is 2.46. The van der Waals surface area contributed by atoms with Gasteiger partial charge in [-0.15, -0.1) is 0 Å². The quantitative estimate of drug-likeness (QED) is 0.461. The van der Waals surface area contributed by atoms with Crippen molar-refractivity contribution in [2.45, 2.75) is 13.3 Å². The molecule has 0 aromatic carbocycles. The van der Waals surface area contributed by atoms with Gasteiger partial charge in [-0.3, -0.25) is 0 Å². The summed E-state index contributed by atoms with van der Waals surface area (Å²) in [4.78, 5) is 0. The van der Waals surface area contributed by atoms with Crippen molar-refractivity contribution in [3.8, 4) is 0 Å². The van der Waals surface area contributed by atoms with Gasteiger partial charge in [-0.1, -0.05) is 31.2 Å². The molecule has 3 rings (SSSR count). The molecule has 58 valence electrons. The van der Waals surface area contributed by atoms with E-state index < -0.39 is 0 Å². The number of rotatable bonds is 0. The minimum Gasteiger partial charge on any atom is -0.0879 e. The van der Waals surface area contributed by atoms with Crippen LogP contribution in [-0.4, -0.2) is 0 Å². The minimum absolute atomic E-state index is 0.892. The highest BCUT2D eigenvalue weighted by Crippen LogP contribution is 2.55. The molecule has 0 spiro atoms. The third-order valence-electron chi connectivity index (χ3n) is 3.97. The van der Waals surface area contributed by atoms with Crippen LogP contribution in [0, 0.1) is 29.6 Å². The van der Waals surface area contributed by atoms with Crippen LogP contribution in [0.25, 0.3) is 0 Å². The Labute approximate surface area is 68.0 Å². The zero-order valence-corrected chi connectivity index (χ0v) is 6.90. The Hall–Kier alpha value is -0.520. The van der Waals surface area contributed by atoms with Crippen LogP contribution < -0.4 is 0 Å². The van der Waals surface area contributed by atoms with Gasteiger partial charge in [-0.2, -0.15) is 0 Å². The van der Waals surface area contributed by atoms with E-state index in [4.69, 9.17) is 0 Å². The van der Waals surface area contributed by atoms with Crippen molar-refractivity contribution >= 4 is 0 Å². The van der Waals surface area contributed by atoms with Crippen molar-refractivity contribution in [2.75, 3.05) is 0 Å². The van der Waals surface area contributed by atoms with Crippen LogP contribution in [0.4, 0.5) is 0 Å². The third kappa shape index (κ3) is 0.571. The Bertz CT molecular complexity index is 236. The highest BCUT2D eigenvalue weighted by molar-refractivity contribution is 5.23. The molecule has 0 heterocycles. The van der Waals surface area contributed by atoms with Crippen LogP contribution in [0.3, 0.4) is 0 Å². The molecule has 11 heavy (non-hydrogen) atoms. The number of allylic oxidation sites excluding steroid dienone is 4. The Balaban J connectivity index is 2.04. The van der Waals surface area contributed by atoms with E-state index in [1.807, 2.05) is 0 Å². The van der Waals surface area contributed by atoms with Crippen LogP contribution in [0.15, 0.2) is 24.3 Å². The first-order chi connectivity index (χ1) is 5.38. The van der Waals surface area contributed by atoms with E-state index in [2.05, 4.69) is 31.2 Å². The fourth-order valence-electron chi connectivity index (χ4n) is 3.40. The summed E-state index contributed by atoms with van der Waals surface area (Å²) < 4.78 is 0. The van der Waals surface area contributed by atoms with Gasteiger partial charge in [0, 0.05) is 0 Å². The van der Waals surface area contributed by atoms with Gasteiger partial charge in [0.2, 0.25) is 0 Å². The second-order valence-electron chi connectivity index (χ2n) is 4.30. The topological polar surface area (TPSA) is 0 Å². The second kappa shape index (κ2) is 1.80. The molecular weight excluding hydrogens is 132 g/mol. The molecule has 0 N–H and O–H groups in total. The highest BCUT2D eigenvalue weighted by Gasteiger charge is 2.49. The monoisotopic (exact) mass is 146 g/mol. The molecule has 2 bridgehead atoms. The van der Waals surface area contributed by atoms with Crippen molar-refractivity contribution in [3.63, 3.8) is 0 Å². The van der Waals surface area contributed by atoms with Crippen molar-refractivity contribution in [1.29, 1.82) is 0 Å². The molecule has 0 radical (unpaired) electrons. The minimum atomic E-state index is 0.892. The van der Waals surface area contributed by atoms with E-state index in [-0.39, 0.29) is 0 Å². The molecule has 0 aromatic rings. The maximum Gasteiger partial charge on any atom is -0.0131 e. The lowest BCUT2D eigenvalue weighted by Gasteiger charge is -2.18. The second-order valence-corrected chi connectivity index (χ2v) is 4.30. The van der Waals surface area contributed by atoms with Gasteiger partial charge < -0.3 is 0 Å². The van der Waals surface area contributed by atoms with Gasteiger partial charge in [0.25, 0.3) is 0 Å². The Morgan fingerprint density at radius 2 is 1.82 bits per heavy atom. The largest absolute Gasteiger partial charge is 0.0879 e. The molecule has 0 aromatic heterocycles. The van der Waals surface area contributed by atoms with E-state index in [9.17, 15) is 0 Å². The van der Waals surface area contributed by atoms with E-state index >= 15 is 0 Å². The van der Waals surface area contributed by atoms with Gasteiger partial charge in [-0.05, 0) is 36.0 Å². The Morgan fingerprint density at radius 1 is 1.00 bits per heavy atom. The van der Waals surface area contributed by atoms with Gasteiger partial charge in [-0.25, -0.2) is 0 Å². The fraction of sp³-hybridized carbons (Fsp3) is 0.636. The van der Waals surface area contributed by atoms with Gasteiger partial charge >= 0.3 is 0 Å². The van der Waals surface area contributed by atoms with Crippen molar-refractivity contribution in [3.05, 3.63) is 24.3 Å². The van der Waals surface area contributed by atoms with Crippen molar-refractivity contribution < 1.29 is 0 Å². The molecule has 0 amide bonds. The molecule has 5 atom stereocenters. The van der Waals surface area contributed by atoms with Crippen LogP contribution in [0.1, 0.15) is 13.3 Å². The molecule has 1 fully saturated rings. The molecule has 3 aliphatic rings. The summed E-state index contributed by atoms with van der Waals surface area (Å²) in [6, 6.07) is 0. The molecule has 5 unspecified atom stereocenters. The number of fused-ring (bicyclic) bond motifs is 5. The molecular formula is C11H14. The summed E-state index contributed by atoms with van der Waals surface area (Å²) in [5.74, 6) is 4.65. The summed E-state index contributed by atoms with van der Waals surface area (Å²) in [5, 5.41) is 0. The summed E-state index contributed by atoms with van der Waals surface area (Å²) in [6.07, 6.45) is 11.1. The predicted octanol–water partition coefficient (Wildman–Crippen LogP) is 2.63. The van der Waals surface area contributed by atoms with E-state index in [0.717, 1.165) is 29.6 Å². The van der Waals surface area contributed by atoms with Crippen LogP contribution in [0.2, 0.25) is 0 Å². The predicted molar refractivity (Wildman–Crippen MR) is 46.0 cm³/mol. The standard InChI is InChI=1S/C11H14/c1-7-8-5-6-9(7)11-4-2-3-10(8)11/h2-3,5-11H,4H2,1H3. The lowest BCUT2D eigenvalue weighted by atomic mass is 9.86. The Morgan fingerprint density at radius 3 is 2.64 bits per heavy atom. The van der Waals surface area contributed by atoms with Crippen molar-refractivity contribution in [1.82, 2.24) is 0 Å². The van der Waals surface area contributed by atoms with Crippen LogP contribution in [0.5, 0.6) is 0 Å². The highest BCUT2D eigenvalue weighted by atomic mass is 14.5. The average molecular weight is 146 g/mol. The average Bonchev–Trinajstić information content (AvgIpc) is 2.61. The van der Waals surface area contributed by atoms with Gasteiger partial charge in [0.05, 0.1) is 0 Å². The third-order valence-corrected chi connectivity index (χ3v) is 3.97. The van der Waals surface area contributed by atoms with Crippen LogP contribution >= 0.6 is 0 Å². The summed E-state index contributed by atoms with van der Waals surface area (Å²) >= 11 is 0. The number of hydrogen-bond acceptors (Lipinski definition) is 0. The lowest BCUT2D eigenvalue weighted by molar-refractivity contribution is 0.391. The molecule has 1 saturated carbocycles. The first kappa shape index (κ1) is 6.05. The summed E-state index contributed by atoms with van der Waals surface area (Å²) in [5.41, 5.74) is 0. The first-order valence-electron chi connectivity index (χ1n) is 4.73. The van der Waals surface area contributed by atoms with Gasteiger partial charge in [0.15, 0.2) is 0 Å².